The Balaban J connectivity index is 1.61. The molecule has 0 fully saturated rings. The Hall–Kier alpha value is -1.94. The van der Waals surface area contributed by atoms with Crippen LogP contribution in [-0.4, -0.2) is 34.7 Å². The number of amides is 1. The maximum Gasteiger partial charge on any atom is 0.434 e. The number of aromatic nitrogens is 1. The highest BCUT2D eigenvalue weighted by Crippen LogP contribution is 2.30. The van der Waals surface area contributed by atoms with Gasteiger partial charge in [0.05, 0.1) is 12.3 Å². The lowest BCUT2D eigenvalue weighted by Crippen LogP contribution is -2.36. The molecule has 0 N–H and O–H groups in total. The summed E-state index contributed by atoms with van der Waals surface area (Å²) < 4.78 is 38.7. The molecule has 0 aliphatic carbocycles. The van der Waals surface area contributed by atoms with Crippen LogP contribution in [0, 0.1) is 0 Å². The summed E-state index contributed by atoms with van der Waals surface area (Å²) in [5.74, 6) is -0.359. The zero-order valence-electron chi connectivity index (χ0n) is 13.5. The van der Waals surface area contributed by atoms with Crippen LogP contribution in [0.5, 0.6) is 0 Å². The molecule has 138 valence electrons. The van der Waals surface area contributed by atoms with Gasteiger partial charge in [0.15, 0.2) is 5.69 Å². The lowest BCUT2D eigenvalue weighted by Gasteiger charge is -2.18. The molecule has 26 heavy (non-hydrogen) atoms. The first-order chi connectivity index (χ1) is 12.2. The number of hydrogen-bond acceptors (Lipinski definition) is 5. The second kappa shape index (κ2) is 7.36. The van der Waals surface area contributed by atoms with Gasteiger partial charge in [0.25, 0.3) is 5.91 Å². The van der Waals surface area contributed by atoms with Crippen molar-refractivity contribution in [3.05, 3.63) is 50.4 Å². The number of hydrogen-bond donors (Lipinski definition) is 0. The molecule has 3 rings (SSSR count). The number of rotatable bonds is 4. The third kappa shape index (κ3) is 4.24. The van der Waals surface area contributed by atoms with Crippen LogP contribution in [0.2, 0.25) is 0 Å². The molecular weight excluding hydrogens is 435 g/mol. The van der Waals surface area contributed by atoms with Crippen molar-refractivity contribution < 1.29 is 22.8 Å². The number of halogens is 4. The number of oxime groups is 1. The fourth-order valence-corrected chi connectivity index (χ4v) is 3.64. The van der Waals surface area contributed by atoms with Gasteiger partial charge in [-0.05, 0) is 12.1 Å². The molecule has 1 aromatic carbocycles. The fraction of sp³-hybridized carbons (Fsp3) is 0.312. The Bertz CT molecular complexity index is 853. The molecule has 1 atom stereocenters. The van der Waals surface area contributed by atoms with Crippen molar-refractivity contribution in [1.29, 1.82) is 0 Å². The van der Waals surface area contributed by atoms with E-state index in [9.17, 15) is 18.0 Å². The van der Waals surface area contributed by atoms with Crippen LogP contribution < -0.4 is 0 Å². The zero-order chi connectivity index (χ0) is 18.9. The average Bonchev–Trinajstić information content (AvgIpc) is 3.23. The molecule has 5 nitrogen and oxygen atoms in total. The van der Waals surface area contributed by atoms with Crippen molar-refractivity contribution in [1.82, 2.24) is 9.88 Å². The van der Waals surface area contributed by atoms with E-state index in [1.807, 2.05) is 24.3 Å². The summed E-state index contributed by atoms with van der Waals surface area (Å²) in [6.07, 6.45) is -4.99. The van der Waals surface area contributed by atoms with Crippen LogP contribution in [0.25, 0.3) is 0 Å². The summed E-state index contributed by atoms with van der Waals surface area (Å²) >= 11 is 4.24. The molecular formula is C16H13BrF3N3O2S. The number of carbonyl (C=O) groups excluding carboxylic acids is 1. The van der Waals surface area contributed by atoms with E-state index in [2.05, 4.69) is 26.1 Å². The summed E-state index contributed by atoms with van der Waals surface area (Å²) in [5, 5.41) is 5.11. The minimum Gasteiger partial charge on any atom is -0.382 e. The first-order valence-electron chi connectivity index (χ1n) is 7.49. The van der Waals surface area contributed by atoms with Crippen LogP contribution in [0.3, 0.4) is 0 Å². The van der Waals surface area contributed by atoms with Crippen molar-refractivity contribution in [2.24, 2.45) is 5.16 Å². The average molecular weight is 448 g/mol. The zero-order valence-corrected chi connectivity index (χ0v) is 15.9. The van der Waals surface area contributed by atoms with Crippen LogP contribution in [0.4, 0.5) is 13.2 Å². The summed E-state index contributed by atoms with van der Waals surface area (Å²) in [7, 11) is 1.50. The van der Waals surface area contributed by atoms with Gasteiger partial charge in [-0.25, -0.2) is 4.98 Å². The quantitative estimate of drug-likeness (QED) is 0.709. The number of carbonyl (C=O) groups is 1. The van der Waals surface area contributed by atoms with E-state index in [0.29, 0.717) is 12.1 Å². The monoisotopic (exact) mass is 447 g/mol. The fourth-order valence-electron chi connectivity index (χ4n) is 2.39. The molecule has 1 aliphatic heterocycles. The molecule has 1 unspecified atom stereocenters. The van der Waals surface area contributed by atoms with Crippen molar-refractivity contribution in [2.75, 3.05) is 7.05 Å². The summed E-state index contributed by atoms with van der Waals surface area (Å²) in [6, 6.07) is 7.45. The van der Waals surface area contributed by atoms with Gasteiger partial charge in [0.1, 0.15) is 5.01 Å². The van der Waals surface area contributed by atoms with Crippen LogP contribution in [-0.2, 0) is 22.4 Å². The van der Waals surface area contributed by atoms with E-state index >= 15 is 0 Å². The molecule has 0 saturated heterocycles. The van der Waals surface area contributed by atoms with Crippen molar-refractivity contribution in [3.8, 4) is 0 Å². The molecule has 1 aromatic heterocycles. The molecule has 10 heteroatoms. The molecule has 0 saturated carbocycles. The molecule has 1 aliphatic rings. The summed E-state index contributed by atoms with van der Waals surface area (Å²) in [4.78, 5) is 22.5. The molecule has 1 amide bonds. The largest absolute Gasteiger partial charge is 0.434 e. The highest BCUT2D eigenvalue weighted by Gasteiger charge is 2.35. The van der Waals surface area contributed by atoms with E-state index in [1.165, 1.54) is 11.9 Å². The Kier molecular flexibility index (Phi) is 5.33. The highest BCUT2D eigenvalue weighted by molar-refractivity contribution is 9.10. The lowest BCUT2D eigenvalue weighted by molar-refractivity contribution is -0.141. The van der Waals surface area contributed by atoms with Gasteiger partial charge in [0, 0.05) is 28.9 Å². The van der Waals surface area contributed by atoms with E-state index in [-0.39, 0.29) is 17.5 Å². The second-order valence-electron chi connectivity index (χ2n) is 5.67. The Labute approximate surface area is 159 Å². The van der Waals surface area contributed by atoms with Gasteiger partial charge >= 0.3 is 6.18 Å². The molecule has 2 aromatic rings. The van der Waals surface area contributed by atoms with E-state index in [1.54, 1.807) is 0 Å². The molecule has 0 radical (unpaired) electrons. The highest BCUT2D eigenvalue weighted by atomic mass is 79.9. The Morgan fingerprint density at radius 2 is 2.23 bits per heavy atom. The first kappa shape index (κ1) is 18.8. The van der Waals surface area contributed by atoms with Crippen molar-refractivity contribution >= 4 is 38.9 Å². The topological polar surface area (TPSA) is 54.8 Å². The van der Waals surface area contributed by atoms with Gasteiger partial charge in [0.2, 0.25) is 6.10 Å². The van der Waals surface area contributed by atoms with E-state index < -0.39 is 18.0 Å². The predicted molar refractivity (Wildman–Crippen MR) is 93.8 cm³/mol. The summed E-state index contributed by atoms with van der Waals surface area (Å²) in [5.41, 5.74) is 0.537. The van der Waals surface area contributed by atoms with E-state index in [0.717, 1.165) is 26.8 Å². The van der Waals surface area contributed by atoms with E-state index in [4.69, 9.17) is 4.84 Å². The SMILES string of the molecule is CN(Cc1nc(C(F)(F)F)cs1)C(=O)C1CC(c2cccc(Br)c2)=NO1. The first-order valence-corrected chi connectivity index (χ1v) is 9.16. The summed E-state index contributed by atoms with van der Waals surface area (Å²) in [6.45, 7) is -0.0222. The molecule has 2 heterocycles. The second-order valence-corrected chi connectivity index (χ2v) is 7.52. The van der Waals surface area contributed by atoms with Crippen LogP contribution in [0.15, 0.2) is 39.3 Å². The third-order valence-corrected chi connectivity index (χ3v) is 5.02. The number of alkyl halides is 3. The minimum absolute atomic E-state index is 0.0222. The third-order valence-electron chi connectivity index (χ3n) is 3.69. The van der Waals surface area contributed by atoms with Crippen molar-refractivity contribution in [3.63, 3.8) is 0 Å². The maximum absolute atomic E-state index is 12.6. The normalized spacial score (nSPS) is 17.0. The van der Waals surface area contributed by atoms with Crippen LogP contribution in [0.1, 0.15) is 22.7 Å². The minimum atomic E-state index is -4.49. The van der Waals surface area contributed by atoms with Crippen molar-refractivity contribution in [2.45, 2.75) is 25.2 Å². The van der Waals surface area contributed by atoms with Gasteiger partial charge in [-0.15, -0.1) is 11.3 Å². The Morgan fingerprint density at radius 3 is 2.88 bits per heavy atom. The standard InChI is InChI=1S/C16H13BrF3N3O2S/c1-23(7-14-21-13(8-26-14)16(18,19)20)15(24)12-6-11(22-25-12)9-3-2-4-10(17)5-9/h2-5,8,12H,6-7H2,1H3. The van der Waals surface area contributed by atoms with Gasteiger partial charge in [-0.3, -0.25) is 4.79 Å². The predicted octanol–water partition coefficient (Wildman–Crippen LogP) is 4.08. The van der Waals surface area contributed by atoms with Gasteiger partial charge in [-0.1, -0.05) is 33.2 Å². The lowest BCUT2D eigenvalue weighted by atomic mass is 10.0. The van der Waals surface area contributed by atoms with Crippen LogP contribution >= 0.6 is 27.3 Å². The Morgan fingerprint density at radius 1 is 1.46 bits per heavy atom. The number of thiazole rings is 1. The maximum atomic E-state index is 12.6. The smallest absolute Gasteiger partial charge is 0.382 e. The number of nitrogens with zero attached hydrogens (tertiary/aromatic N) is 3. The molecule has 0 spiro atoms. The number of likely N-dealkylation sites (N-methyl/N-ethyl adjacent to an activating group) is 1. The molecule has 0 bridgehead atoms. The number of benzene rings is 1. The van der Waals surface area contributed by atoms with Gasteiger partial charge < -0.3 is 9.74 Å². The van der Waals surface area contributed by atoms with Gasteiger partial charge in [-0.2, -0.15) is 13.2 Å².